The van der Waals surface area contributed by atoms with Gasteiger partial charge in [-0.15, -0.1) is 0 Å². The average Bonchev–Trinajstić information content (AvgIpc) is 2.27. The molecule has 1 saturated heterocycles. The third kappa shape index (κ3) is 5.50. The highest BCUT2D eigenvalue weighted by molar-refractivity contribution is 5.76. The molecule has 1 amide bonds. The number of carbonyl (C=O) groups is 1. The third-order valence-corrected chi connectivity index (χ3v) is 3.12. The van der Waals surface area contributed by atoms with Crippen LogP contribution >= 0.6 is 0 Å². The minimum atomic E-state index is 0.0653. The Balaban J connectivity index is 2.27. The molecule has 4 heteroatoms. The number of carbonyl (C=O) groups excluding carboxylic acids is 1. The van der Waals surface area contributed by atoms with Gasteiger partial charge < -0.3 is 15.3 Å². The van der Waals surface area contributed by atoms with E-state index in [1.54, 1.807) is 0 Å². The van der Waals surface area contributed by atoms with Gasteiger partial charge in [-0.3, -0.25) is 4.79 Å². The van der Waals surface area contributed by atoms with Gasteiger partial charge in [0.05, 0.1) is 0 Å². The van der Waals surface area contributed by atoms with E-state index in [-0.39, 0.29) is 24.0 Å². The SMILES string of the molecule is CC(C)(C)NCCC(=O)N1CCCC(CO)C1. The first-order chi connectivity index (χ1) is 7.92. The highest BCUT2D eigenvalue weighted by Crippen LogP contribution is 2.16. The van der Waals surface area contributed by atoms with Gasteiger partial charge in [-0.1, -0.05) is 0 Å². The Labute approximate surface area is 104 Å². The lowest BCUT2D eigenvalue weighted by Gasteiger charge is -2.32. The van der Waals surface area contributed by atoms with Crippen molar-refractivity contribution >= 4 is 5.91 Å². The Kier molecular flexibility index (Phi) is 5.40. The third-order valence-electron chi connectivity index (χ3n) is 3.12. The fourth-order valence-electron chi connectivity index (χ4n) is 2.14. The van der Waals surface area contributed by atoms with Crippen LogP contribution in [0.1, 0.15) is 40.0 Å². The molecule has 0 aromatic rings. The van der Waals surface area contributed by atoms with Gasteiger partial charge in [0.2, 0.25) is 5.91 Å². The number of hydrogen-bond acceptors (Lipinski definition) is 3. The smallest absolute Gasteiger partial charge is 0.223 e. The van der Waals surface area contributed by atoms with E-state index in [1.165, 1.54) is 0 Å². The molecule has 1 unspecified atom stereocenters. The minimum absolute atomic E-state index is 0.0653. The first kappa shape index (κ1) is 14.5. The predicted molar refractivity (Wildman–Crippen MR) is 68.8 cm³/mol. The fraction of sp³-hybridized carbons (Fsp3) is 0.923. The van der Waals surface area contributed by atoms with Crippen LogP contribution in [0.2, 0.25) is 0 Å². The molecule has 4 nitrogen and oxygen atoms in total. The summed E-state index contributed by atoms with van der Waals surface area (Å²) in [5.41, 5.74) is 0.0653. The first-order valence-corrected chi connectivity index (χ1v) is 6.56. The summed E-state index contributed by atoms with van der Waals surface area (Å²) in [6.45, 7) is 8.79. The molecule has 0 spiro atoms. The first-order valence-electron chi connectivity index (χ1n) is 6.56. The van der Waals surface area contributed by atoms with Gasteiger partial charge in [0.25, 0.3) is 0 Å². The Bertz CT molecular complexity index is 248. The second-order valence-electron chi connectivity index (χ2n) is 5.96. The summed E-state index contributed by atoms with van der Waals surface area (Å²) in [5.74, 6) is 0.489. The van der Waals surface area contributed by atoms with Crippen molar-refractivity contribution in [2.24, 2.45) is 5.92 Å². The largest absolute Gasteiger partial charge is 0.396 e. The number of nitrogens with one attached hydrogen (secondary N) is 1. The van der Waals surface area contributed by atoms with Gasteiger partial charge >= 0.3 is 0 Å². The molecule has 17 heavy (non-hydrogen) atoms. The Morgan fingerprint density at radius 2 is 2.18 bits per heavy atom. The predicted octanol–water partition coefficient (Wildman–Crippen LogP) is 0.995. The molecule has 1 heterocycles. The highest BCUT2D eigenvalue weighted by Gasteiger charge is 2.22. The van der Waals surface area contributed by atoms with Crippen LogP contribution in [0.3, 0.4) is 0 Å². The molecule has 2 N–H and O–H groups in total. The van der Waals surface area contributed by atoms with E-state index >= 15 is 0 Å². The van der Waals surface area contributed by atoms with Crippen molar-refractivity contribution in [1.82, 2.24) is 10.2 Å². The van der Waals surface area contributed by atoms with Crippen LogP contribution in [0.5, 0.6) is 0 Å². The van der Waals surface area contributed by atoms with Gasteiger partial charge in [0.15, 0.2) is 0 Å². The van der Waals surface area contributed by atoms with Crippen LogP contribution in [0.25, 0.3) is 0 Å². The van der Waals surface area contributed by atoms with Gasteiger partial charge in [-0.2, -0.15) is 0 Å². The lowest BCUT2D eigenvalue weighted by molar-refractivity contribution is -0.133. The summed E-state index contributed by atoms with van der Waals surface area (Å²) in [7, 11) is 0. The van der Waals surface area contributed by atoms with E-state index < -0.39 is 0 Å². The van der Waals surface area contributed by atoms with Crippen LogP contribution in [0.4, 0.5) is 0 Å². The van der Waals surface area contributed by atoms with E-state index in [1.807, 2.05) is 4.90 Å². The van der Waals surface area contributed by atoms with Crippen LogP contribution in [0, 0.1) is 5.92 Å². The number of piperidine rings is 1. The number of aliphatic hydroxyl groups excluding tert-OH is 1. The maximum atomic E-state index is 11.9. The van der Waals surface area contributed by atoms with E-state index in [4.69, 9.17) is 5.11 Å². The molecule has 0 aromatic heterocycles. The van der Waals surface area contributed by atoms with Crippen LogP contribution in [-0.4, -0.2) is 47.7 Å². The summed E-state index contributed by atoms with van der Waals surface area (Å²) in [5, 5.41) is 12.4. The van der Waals surface area contributed by atoms with Gasteiger partial charge in [-0.25, -0.2) is 0 Å². The molecule has 1 atom stereocenters. The molecular weight excluding hydrogens is 216 g/mol. The fourth-order valence-corrected chi connectivity index (χ4v) is 2.14. The summed E-state index contributed by atoms with van der Waals surface area (Å²) in [4.78, 5) is 13.8. The van der Waals surface area contributed by atoms with Crippen molar-refractivity contribution in [2.75, 3.05) is 26.2 Å². The monoisotopic (exact) mass is 242 g/mol. The highest BCUT2D eigenvalue weighted by atomic mass is 16.3. The summed E-state index contributed by atoms with van der Waals surface area (Å²) >= 11 is 0. The Morgan fingerprint density at radius 3 is 2.76 bits per heavy atom. The Morgan fingerprint density at radius 1 is 1.47 bits per heavy atom. The van der Waals surface area contributed by atoms with Gasteiger partial charge in [-0.05, 0) is 39.5 Å². The normalized spacial score (nSPS) is 21.6. The molecule has 0 saturated carbocycles. The molecule has 0 aromatic carbocycles. The van der Waals surface area contributed by atoms with E-state index in [0.717, 1.165) is 32.5 Å². The van der Waals surface area contributed by atoms with Gasteiger partial charge in [0, 0.05) is 38.2 Å². The van der Waals surface area contributed by atoms with Crippen molar-refractivity contribution < 1.29 is 9.90 Å². The second-order valence-corrected chi connectivity index (χ2v) is 5.96. The maximum absolute atomic E-state index is 11.9. The zero-order valence-electron chi connectivity index (χ0n) is 11.3. The molecule has 1 aliphatic rings. The average molecular weight is 242 g/mol. The molecule has 0 aliphatic carbocycles. The summed E-state index contributed by atoms with van der Waals surface area (Å²) in [6.07, 6.45) is 2.61. The number of nitrogens with zero attached hydrogens (tertiary/aromatic N) is 1. The quantitative estimate of drug-likeness (QED) is 0.773. The second kappa shape index (κ2) is 6.36. The lowest BCUT2D eigenvalue weighted by Crippen LogP contribution is -2.43. The summed E-state index contributed by atoms with van der Waals surface area (Å²) in [6, 6.07) is 0. The number of aliphatic hydroxyl groups is 1. The van der Waals surface area contributed by atoms with E-state index in [2.05, 4.69) is 26.1 Å². The molecular formula is C13H26N2O2. The van der Waals surface area contributed by atoms with E-state index in [0.29, 0.717) is 6.42 Å². The maximum Gasteiger partial charge on any atom is 0.223 e. The molecule has 1 aliphatic heterocycles. The van der Waals surface area contributed by atoms with Crippen molar-refractivity contribution in [3.05, 3.63) is 0 Å². The molecule has 1 rings (SSSR count). The zero-order valence-corrected chi connectivity index (χ0v) is 11.3. The molecule has 0 radical (unpaired) electrons. The zero-order chi connectivity index (χ0) is 12.9. The van der Waals surface area contributed by atoms with E-state index in [9.17, 15) is 4.79 Å². The number of likely N-dealkylation sites (tertiary alicyclic amines) is 1. The number of hydrogen-bond donors (Lipinski definition) is 2. The van der Waals surface area contributed by atoms with Crippen LogP contribution in [-0.2, 0) is 4.79 Å². The molecule has 0 bridgehead atoms. The topological polar surface area (TPSA) is 52.6 Å². The van der Waals surface area contributed by atoms with Crippen LogP contribution in [0.15, 0.2) is 0 Å². The molecule has 100 valence electrons. The van der Waals surface area contributed by atoms with Crippen molar-refractivity contribution in [2.45, 2.75) is 45.6 Å². The van der Waals surface area contributed by atoms with Gasteiger partial charge in [0.1, 0.15) is 0 Å². The van der Waals surface area contributed by atoms with Crippen molar-refractivity contribution in [1.29, 1.82) is 0 Å². The number of rotatable bonds is 4. The van der Waals surface area contributed by atoms with Crippen molar-refractivity contribution in [3.63, 3.8) is 0 Å². The Hall–Kier alpha value is -0.610. The molecule has 1 fully saturated rings. The number of amides is 1. The summed E-state index contributed by atoms with van der Waals surface area (Å²) < 4.78 is 0. The van der Waals surface area contributed by atoms with Crippen LogP contribution < -0.4 is 5.32 Å². The standard InChI is InChI=1S/C13H26N2O2/c1-13(2,3)14-7-6-12(17)15-8-4-5-11(9-15)10-16/h11,14,16H,4-10H2,1-3H3. The van der Waals surface area contributed by atoms with Crippen molar-refractivity contribution in [3.8, 4) is 0 Å². The lowest BCUT2D eigenvalue weighted by atomic mass is 9.99. The minimum Gasteiger partial charge on any atom is -0.396 e.